The summed E-state index contributed by atoms with van der Waals surface area (Å²) in [6, 6.07) is 5.67. The van der Waals surface area contributed by atoms with Crippen LogP contribution in [0.1, 0.15) is 29.3 Å². The quantitative estimate of drug-likeness (QED) is 0.867. The van der Waals surface area contributed by atoms with Gasteiger partial charge in [0, 0.05) is 29.7 Å². The maximum absolute atomic E-state index is 12.3. The van der Waals surface area contributed by atoms with Gasteiger partial charge in [-0.1, -0.05) is 24.6 Å². The van der Waals surface area contributed by atoms with E-state index in [0.29, 0.717) is 16.5 Å². The minimum absolute atomic E-state index is 0. The third-order valence-electron chi connectivity index (χ3n) is 3.68. The minimum atomic E-state index is 0. The number of hydrogen-bond donors (Lipinski definition) is 1. The normalized spacial score (nSPS) is 22.8. The Balaban J connectivity index is 0.00000180. The Labute approximate surface area is 125 Å². The molecule has 19 heavy (non-hydrogen) atoms. The molecular formula is C14H20Cl2N2O. The van der Waals surface area contributed by atoms with E-state index < -0.39 is 0 Å². The molecule has 1 heterocycles. The van der Waals surface area contributed by atoms with Crippen molar-refractivity contribution in [2.45, 2.75) is 26.3 Å². The first-order valence-electron chi connectivity index (χ1n) is 6.30. The molecule has 0 radical (unpaired) electrons. The molecule has 1 aliphatic heterocycles. The van der Waals surface area contributed by atoms with Crippen LogP contribution in [0, 0.1) is 12.8 Å². The Morgan fingerprint density at radius 2 is 2.16 bits per heavy atom. The number of aryl methyl sites for hydroxylation is 1. The van der Waals surface area contributed by atoms with E-state index >= 15 is 0 Å². The van der Waals surface area contributed by atoms with Gasteiger partial charge >= 0.3 is 0 Å². The summed E-state index contributed by atoms with van der Waals surface area (Å²) in [7, 11) is 0. The Hall–Kier alpha value is -0.770. The standard InChI is InChI=1S/C14H19ClN2O.ClH/c1-9-3-4-11(7-12(9)15)14(18)17-6-5-13(16)10(2)8-17;/h3-4,7,10,13H,5-6,8,16H2,1-2H3;1H. The zero-order chi connectivity index (χ0) is 13.3. The number of carbonyl (C=O) groups excluding carboxylic acids is 1. The van der Waals surface area contributed by atoms with Crippen LogP contribution in [0.5, 0.6) is 0 Å². The summed E-state index contributed by atoms with van der Waals surface area (Å²) >= 11 is 6.06. The third kappa shape index (κ3) is 3.62. The monoisotopic (exact) mass is 302 g/mol. The highest BCUT2D eigenvalue weighted by molar-refractivity contribution is 6.31. The van der Waals surface area contributed by atoms with Gasteiger partial charge in [0.25, 0.3) is 5.91 Å². The second kappa shape index (κ2) is 6.60. The fourth-order valence-electron chi connectivity index (χ4n) is 2.26. The molecule has 1 fully saturated rings. The van der Waals surface area contributed by atoms with Crippen LogP contribution in [0.2, 0.25) is 5.02 Å². The number of piperidine rings is 1. The van der Waals surface area contributed by atoms with Gasteiger partial charge in [-0.05, 0) is 37.0 Å². The van der Waals surface area contributed by atoms with E-state index in [-0.39, 0.29) is 24.4 Å². The first-order chi connectivity index (χ1) is 8.49. The van der Waals surface area contributed by atoms with E-state index in [1.54, 1.807) is 6.07 Å². The van der Waals surface area contributed by atoms with Crippen molar-refractivity contribution < 1.29 is 4.79 Å². The number of amides is 1. The molecular weight excluding hydrogens is 283 g/mol. The summed E-state index contributed by atoms with van der Waals surface area (Å²) in [5.41, 5.74) is 7.61. The fraction of sp³-hybridized carbons (Fsp3) is 0.500. The largest absolute Gasteiger partial charge is 0.338 e. The van der Waals surface area contributed by atoms with Crippen molar-refractivity contribution in [1.29, 1.82) is 0 Å². The first-order valence-corrected chi connectivity index (χ1v) is 6.68. The summed E-state index contributed by atoms with van der Waals surface area (Å²) in [5.74, 6) is 0.402. The van der Waals surface area contributed by atoms with Crippen molar-refractivity contribution in [1.82, 2.24) is 4.90 Å². The molecule has 5 heteroatoms. The first kappa shape index (κ1) is 16.3. The van der Waals surface area contributed by atoms with E-state index in [0.717, 1.165) is 25.1 Å². The van der Waals surface area contributed by atoms with E-state index in [9.17, 15) is 4.79 Å². The van der Waals surface area contributed by atoms with Crippen molar-refractivity contribution in [2.75, 3.05) is 13.1 Å². The van der Waals surface area contributed by atoms with Crippen molar-refractivity contribution in [3.8, 4) is 0 Å². The lowest BCUT2D eigenvalue weighted by atomic mass is 9.94. The molecule has 1 saturated heterocycles. The summed E-state index contributed by atoms with van der Waals surface area (Å²) in [6.45, 7) is 5.48. The van der Waals surface area contributed by atoms with Crippen LogP contribution in [0.4, 0.5) is 0 Å². The Bertz CT molecular complexity index is 465. The molecule has 2 N–H and O–H groups in total. The van der Waals surface area contributed by atoms with Crippen LogP contribution in [0.25, 0.3) is 0 Å². The van der Waals surface area contributed by atoms with Gasteiger partial charge in [0.05, 0.1) is 0 Å². The summed E-state index contributed by atoms with van der Waals surface area (Å²) in [4.78, 5) is 14.2. The van der Waals surface area contributed by atoms with Gasteiger partial charge in [0.2, 0.25) is 0 Å². The molecule has 0 aromatic heterocycles. The molecule has 1 aliphatic rings. The molecule has 1 aromatic carbocycles. The Morgan fingerprint density at radius 3 is 2.74 bits per heavy atom. The van der Waals surface area contributed by atoms with Gasteiger partial charge in [-0.15, -0.1) is 12.4 Å². The number of halogens is 2. The smallest absolute Gasteiger partial charge is 0.253 e. The lowest BCUT2D eigenvalue weighted by Gasteiger charge is -2.35. The lowest BCUT2D eigenvalue weighted by molar-refractivity contribution is 0.0664. The topological polar surface area (TPSA) is 46.3 Å². The SMILES string of the molecule is Cc1ccc(C(=O)N2CCC(N)C(C)C2)cc1Cl.Cl. The van der Waals surface area contributed by atoms with E-state index in [4.69, 9.17) is 17.3 Å². The maximum atomic E-state index is 12.3. The molecule has 1 amide bonds. The summed E-state index contributed by atoms with van der Waals surface area (Å²) in [6.07, 6.45) is 0.868. The second-order valence-electron chi connectivity index (χ2n) is 5.14. The van der Waals surface area contributed by atoms with Crippen molar-refractivity contribution in [3.63, 3.8) is 0 Å². The predicted octanol–water partition coefficient (Wildman–Crippen LogP) is 2.88. The number of nitrogens with zero attached hydrogens (tertiary/aromatic N) is 1. The van der Waals surface area contributed by atoms with Gasteiger partial charge < -0.3 is 10.6 Å². The molecule has 106 valence electrons. The van der Waals surface area contributed by atoms with Gasteiger partial charge in [-0.2, -0.15) is 0 Å². The molecule has 0 aliphatic carbocycles. The summed E-state index contributed by atoms with van der Waals surface area (Å²) < 4.78 is 0. The highest BCUT2D eigenvalue weighted by Gasteiger charge is 2.26. The lowest BCUT2D eigenvalue weighted by Crippen LogP contribution is -2.48. The van der Waals surface area contributed by atoms with Crippen molar-refractivity contribution >= 4 is 29.9 Å². The van der Waals surface area contributed by atoms with Crippen LogP contribution in [0.3, 0.4) is 0 Å². The number of hydrogen-bond acceptors (Lipinski definition) is 2. The van der Waals surface area contributed by atoms with Gasteiger partial charge in [-0.25, -0.2) is 0 Å². The molecule has 0 spiro atoms. The third-order valence-corrected chi connectivity index (χ3v) is 4.08. The predicted molar refractivity (Wildman–Crippen MR) is 81.1 cm³/mol. The van der Waals surface area contributed by atoms with Gasteiger partial charge in [-0.3, -0.25) is 4.79 Å². The maximum Gasteiger partial charge on any atom is 0.253 e. The van der Waals surface area contributed by atoms with Crippen molar-refractivity contribution in [2.24, 2.45) is 11.7 Å². The number of benzene rings is 1. The Morgan fingerprint density at radius 1 is 1.47 bits per heavy atom. The minimum Gasteiger partial charge on any atom is -0.338 e. The van der Waals surface area contributed by atoms with Crippen LogP contribution < -0.4 is 5.73 Å². The van der Waals surface area contributed by atoms with E-state index in [2.05, 4.69) is 6.92 Å². The second-order valence-corrected chi connectivity index (χ2v) is 5.55. The molecule has 1 aromatic rings. The van der Waals surface area contributed by atoms with Gasteiger partial charge in [0.15, 0.2) is 0 Å². The summed E-state index contributed by atoms with van der Waals surface area (Å²) in [5, 5.41) is 0.641. The Kier molecular flexibility index (Phi) is 5.65. The molecule has 2 rings (SSSR count). The zero-order valence-electron chi connectivity index (χ0n) is 11.2. The molecule has 0 saturated carbocycles. The van der Waals surface area contributed by atoms with Crippen LogP contribution in [-0.4, -0.2) is 29.9 Å². The fourth-order valence-corrected chi connectivity index (χ4v) is 2.44. The van der Waals surface area contributed by atoms with Crippen molar-refractivity contribution in [3.05, 3.63) is 34.3 Å². The molecule has 3 nitrogen and oxygen atoms in total. The van der Waals surface area contributed by atoms with E-state index in [1.165, 1.54) is 0 Å². The molecule has 0 bridgehead atoms. The van der Waals surface area contributed by atoms with Gasteiger partial charge in [0.1, 0.15) is 0 Å². The number of likely N-dealkylation sites (tertiary alicyclic amines) is 1. The average Bonchev–Trinajstić information content (AvgIpc) is 2.35. The highest BCUT2D eigenvalue weighted by Crippen LogP contribution is 2.21. The number of carbonyl (C=O) groups is 1. The number of nitrogens with two attached hydrogens (primary N) is 1. The van der Waals surface area contributed by atoms with Crippen LogP contribution >= 0.6 is 24.0 Å². The van der Waals surface area contributed by atoms with Crippen LogP contribution in [-0.2, 0) is 0 Å². The molecule has 2 atom stereocenters. The molecule has 2 unspecified atom stereocenters. The van der Waals surface area contributed by atoms with Crippen LogP contribution in [0.15, 0.2) is 18.2 Å². The average molecular weight is 303 g/mol. The zero-order valence-corrected chi connectivity index (χ0v) is 12.8. The number of rotatable bonds is 1. The highest BCUT2D eigenvalue weighted by atomic mass is 35.5. The van der Waals surface area contributed by atoms with E-state index in [1.807, 2.05) is 24.0 Å².